The summed E-state index contributed by atoms with van der Waals surface area (Å²) in [6.07, 6.45) is 1.69. The minimum Gasteiger partial charge on any atom is -0.379 e. The van der Waals surface area contributed by atoms with E-state index in [2.05, 4.69) is 25.9 Å². The van der Waals surface area contributed by atoms with E-state index in [1.807, 2.05) is 57.2 Å². The lowest BCUT2D eigenvalue weighted by Gasteiger charge is -2.09. The number of hydrogen-bond donors (Lipinski definition) is 2. The largest absolute Gasteiger partial charge is 0.379 e. The van der Waals surface area contributed by atoms with Gasteiger partial charge in [-0.15, -0.1) is 15.3 Å². The Hall–Kier alpha value is -3.00. The molecule has 2 N–H and O–H groups in total. The van der Waals surface area contributed by atoms with Crippen molar-refractivity contribution >= 4 is 17.4 Å². The van der Waals surface area contributed by atoms with Gasteiger partial charge in [0.2, 0.25) is 0 Å². The van der Waals surface area contributed by atoms with E-state index in [1.165, 1.54) is 0 Å². The Kier molecular flexibility index (Phi) is 7.13. The molecule has 0 saturated heterocycles. The van der Waals surface area contributed by atoms with Crippen molar-refractivity contribution in [2.24, 2.45) is 0 Å². The molecule has 1 aromatic carbocycles. The molecule has 0 aliphatic carbocycles. The molecular weight excluding hydrogens is 368 g/mol. The number of nitrogens with zero attached hydrogens (tertiary/aromatic N) is 4. The number of benzene rings is 1. The Morgan fingerprint density at radius 2 is 1.90 bits per heavy atom. The Morgan fingerprint density at radius 3 is 2.66 bits per heavy atom. The zero-order chi connectivity index (χ0) is 20.6. The topological polar surface area (TPSA) is 93.4 Å². The number of ether oxygens (including phenoxy) is 1. The predicted molar refractivity (Wildman–Crippen MR) is 112 cm³/mol. The highest BCUT2D eigenvalue weighted by Crippen LogP contribution is 2.08. The molecule has 0 unspecified atom stereocenters. The molecule has 8 nitrogen and oxygen atoms in total. The van der Waals surface area contributed by atoms with E-state index < -0.39 is 0 Å². The number of aromatic nitrogens is 4. The molecule has 2 heterocycles. The minimum atomic E-state index is -0.0993. The van der Waals surface area contributed by atoms with Crippen LogP contribution in [0.15, 0.2) is 36.4 Å². The van der Waals surface area contributed by atoms with E-state index in [0.717, 1.165) is 24.3 Å². The number of carbonyl (C=O) groups is 1. The number of carbonyl (C=O) groups excluding carboxylic acids is 1. The van der Waals surface area contributed by atoms with E-state index in [4.69, 9.17) is 4.74 Å². The Balaban J connectivity index is 1.52. The number of rotatable bonds is 10. The molecule has 0 aliphatic heterocycles. The van der Waals surface area contributed by atoms with Crippen LogP contribution >= 0.6 is 0 Å². The van der Waals surface area contributed by atoms with E-state index in [-0.39, 0.29) is 12.0 Å². The molecule has 0 spiro atoms. The predicted octanol–water partition coefficient (Wildman–Crippen LogP) is 2.63. The maximum absolute atomic E-state index is 12.2. The normalized spacial score (nSPS) is 11.2. The zero-order valence-electron chi connectivity index (χ0n) is 17.2. The first-order chi connectivity index (χ1) is 14.0. The van der Waals surface area contributed by atoms with Gasteiger partial charge in [-0.1, -0.05) is 17.7 Å². The van der Waals surface area contributed by atoms with Crippen LogP contribution < -0.4 is 10.6 Å². The van der Waals surface area contributed by atoms with Gasteiger partial charge in [0.1, 0.15) is 5.82 Å². The molecule has 1 amide bonds. The number of aryl methyl sites for hydroxylation is 1. The van der Waals surface area contributed by atoms with Gasteiger partial charge >= 0.3 is 0 Å². The van der Waals surface area contributed by atoms with Gasteiger partial charge < -0.3 is 15.4 Å². The average Bonchev–Trinajstić information content (AvgIpc) is 3.10. The second-order valence-corrected chi connectivity index (χ2v) is 7.18. The van der Waals surface area contributed by atoms with Gasteiger partial charge in [0.05, 0.1) is 6.10 Å². The van der Waals surface area contributed by atoms with Crippen LogP contribution in [0.3, 0.4) is 0 Å². The lowest BCUT2D eigenvalue weighted by Crippen LogP contribution is -2.26. The van der Waals surface area contributed by atoms with Crippen molar-refractivity contribution in [3.63, 3.8) is 0 Å². The van der Waals surface area contributed by atoms with Crippen molar-refractivity contribution in [2.45, 2.75) is 39.7 Å². The quantitative estimate of drug-likeness (QED) is 0.512. The highest BCUT2D eigenvalue weighted by molar-refractivity contribution is 5.94. The zero-order valence-corrected chi connectivity index (χ0v) is 17.2. The number of amides is 1. The molecule has 0 radical (unpaired) electrons. The van der Waals surface area contributed by atoms with Gasteiger partial charge in [-0.25, -0.2) is 0 Å². The van der Waals surface area contributed by atoms with Crippen LogP contribution in [0.25, 0.3) is 5.65 Å². The van der Waals surface area contributed by atoms with Gasteiger partial charge in [-0.3, -0.25) is 4.79 Å². The summed E-state index contributed by atoms with van der Waals surface area (Å²) >= 11 is 0. The molecular formula is C21H28N6O2. The third-order valence-electron chi connectivity index (χ3n) is 4.35. The molecule has 3 rings (SSSR count). The second kappa shape index (κ2) is 9.97. The second-order valence-electron chi connectivity index (χ2n) is 7.18. The van der Waals surface area contributed by atoms with Crippen molar-refractivity contribution in [1.29, 1.82) is 0 Å². The molecule has 154 valence electrons. The first-order valence-electron chi connectivity index (χ1n) is 9.94. The van der Waals surface area contributed by atoms with Crippen LogP contribution in [0.4, 0.5) is 5.82 Å². The lowest BCUT2D eigenvalue weighted by molar-refractivity contribution is 0.0787. The van der Waals surface area contributed by atoms with E-state index in [0.29, 0.717) is 36.6 Å². The number of hydrogen-bond acceptors (Lipinski definition) is 6. The van der Waals surface area contributed by atoms with Crippen molar-refractivity contribution < 1.29 is 9.53 Å². The van der Waals surface area contributed by atoms with Gasteiger partial charge in [0, 0.05) is 31.7 Å². The molecule has 0 bridgehead atoms. The average molecular weight is 396 g/mol. The monoisotopic (exact) mass is 396 g/mol. The molecule has 8 heteroatoms. The Morgan fingerprint density at radius 1 is 1.10 bits per heavy atom. The van der Waals surface area contributed by atoms with Crippen molar-refractivity contribution in [3.05, 3.63) is 53.3 Å². The van der Waals surface area contributed by atoms with Gasteiger partial charge in [0.25, 0.3) is 5.91 Å². The fraction of sp³-hybridized carbons (Fsp3) is 0.429. The Bertz CT molecular complexity index is 936. The summed E-state index contributed by atoms with van der Waals surface area (Å²) < 4.78 is 7.25. The summed E-state index contributed by atoms with van der Waals surface area (Å²) in [6.45, 7) is 7.99. The molecule has 0 saturated carbocycles. The number of anilines is 1. The smallest absolute Gasteiger partial charge is 0.251 e. The van der Waals surface area contributed by atoms with Crippen molar-refractivity contribution in [3.8, 4) is 0 Å². The van der Waals surface area contributed by atoms with Gasteiger partial charge in [-0.2, -0.15) is 4.52 Å². The third-order valence-corrected chi connectivity index (χ3v) is 4.35. The van der Waals surface area contributed by atoms with Crippen molar-refractivity contribution in [1.82, 2.24) is 25.1 Å². The number of fused-ring (bicyclic) bond motifs is 1. The van der Waals surface area contributed by atoms with Gasteiger partial charge in [0.15, 0.2) is 11.5 Å². The maximum atomic E-state index is 12.2. The fourth-order valence-corrected chi connectivity index (χ4v) is 2.79. The van der Waals surface area contributed by atoms with Crippen LogP contribution in [0.1, 0.15) is 42.0 Å². The molecule has 0 aliphatic rings. The molecule has 0 atom stereocenters. The molecule has 29 heavy (non-hydrogen) atoms. The van der Waals surface area contributed by atoms with Gasteiger partial charge in [-0.05, 0) is 51.5 Å². The summed E-state index contributed by atoms with van der Waals surface area (Å²) in [6, 6.07) is 11.3. The Labute approximate surface area is 170 Å². The van der Waals surface area contributed by atoms with Crippen LogP contribution in [-0.2, 0) is 11.2 Å². The van der Waals surface area contributed by atoms with E-state index >= 15 is 0 Å². The first kappa shape index (κ1) is 20.7. The summed E-state index contributed by atoms with van der Waals surface area (Å²) in [7, 11) is 0. The summed E-state index contributed by atoms with van der Waals surface area (Å²) in [5, 5.41) is 19.1. The maximum Gasteiger partial charge on any atom is 0.251 e. The van der Waals surface area contributed by atoms with Crippen molar-refractivity contribution in [2.75, 3.05) is 25.0 Å². The summed E-state index contributed by atoms with van der Waals surface area (Å²) in [4.78, 5) is 12.2. The van der Waals surface area contributed by atoms with Crippen LogP contribution in [0, 0.1) is 6.92 Å². The van der Waals surface area contributed by atoms with Crippen LogP contribution in [-0.4, -0.2) is 51.5 Å². The third kappa shape index (κ3) is 5.99. The highest BCUT2D eigenvalue weighted by atomic mass is 16.5. The summed E-state index contributed by atoms with van der Waals surface area (Å²) in [5.41, 5.74) is 2.45. The molecule has 0 fully saturated rings. The standard InChI is InChI=1S/C21H28N6O2/c1-15(2)29-14-4-12-22-18-9-10-19-24-25-20(27(19)26-18)11-13-23-21(28)17-7-5-16(3)6-8-17/h5-10,15H,4,11-14H2,1-3H3,(H,22,26)(H,23,28). The first-order valence-corrected chi connectivity index (χ1v) is 9.94. The van der Waals surface area contributed by atoms with E-state index in [9.17, 15) is 4.79 Å². The van der Waals surface area contributed by atoms with Crippen LogP contribution in [0.5, 0.6) is 0 Å². The summed E-state index contributed by atoms with van der Waals surface area (Å²) in [5.74, 6) is 1.36. The fourth-order valence-electron chi connectivity index (χ4n) is 2.79. The molecule has 2 aromatic heterocycles. The highest BCUT2D eigenvalue weighted by Gasteiger charge is 2.09. The minimum absolute atomic E-state index is 0.0993. The molecule has 3 aromatic rings. The lowest BCUT2D eigenvalue weighted by atomic mass is 10.1. The number of nitrogens with one attached hydrogen (secondary N) is 2. The van der Waals surface area contributed by atoms with Crippen LogP contribution in [0.2, 0.25) is 0 Å². The van der Waals surface area contributed by atoms with E-state index in [1.54, 1.807) is 4.52 Å². The SMILES string of the molecule is Cc1ccc(C(=O)NCCc2nnc3ccc(NCCCOC(C)C)nn23)cc1.